The molecular weight excluding hydrogens is 582 g/mol. The van der Waals surface area contributed by atoms with Gasteiger partial charge < -0.3 is 18.8 Å². The van der Waals surface area contributed by atoms with Crippen LogP contribution in [0.5, 0.6) is 17.2 Å². The van der Waals surface area contributed by atoms with Crippen LogP contribution in [0, 0.1) is 0 Å². The molecule has 4 aromatic rings. The first-order chi connectivity index (χ1) is 19.5. The SMILES string of the molecule is CCC[NH+](CCC)Cc1c(OC(=O)c2ccc(Cl)cc2)ccc2c(=O)c(Oc3ccc(Cl)cc3)c(C(F)(F)F)oc12. The molecule has 0 saturated heterocycles. The third-order valence-corrected chi connectivity index (χ3v) is 6.79. The first kappa shape index (κ1) is 30.4. The van der Waals surface area contributed by atoms with Crippen LogP contribution in [-0.2, 0) is 12.7 Å². The van der Waals surface area contributed by atoms with Crippen molar-refractivity contribution in [1.29, 1.82) is 0 Å². The summed E-state index contributed by atoms with van der Waals surface area (Å²) in [7, 11) is 0. The van der Waals surface area contributed by atoms with Crippen LogP contribution in [0.25, 0.3) is 11.0 Å². The van der Waals surface area contributed by atoms with Crippen molar-refractivity contribution in [1.82, 2.24) is 0 Å². The van der Waals surface area contributed by atoms with E-state index in [0.29, 0.717) is 23.1 Å². The van der Waals surface area contributed by atoms with Crippen molar-refractivity contribution in [2.45, 2.75) is 39.4 Å². The standard InChI is InChI=1S/C30H26Cl2F3NO5/c1-3-15-36(16-4-2)17-23-24(40-29(38)18-5-7-19(31)8-6-18)14-13-22-25(37)27(28(30(33,34)35)41-26(22)23)39-21-11-9-20(32)10-12-21/h5-14H,3-4,15-17H2,1-2H3/p+1. The summed E-state index contributed by atoms with van der Waals surface area (Å²) >= 11 is 11.8. The fourth-order valence-corrected chi connectivity index (χ4v) is 4.70. The van der Waals surface area contributed by atoms with Crippen molar-refractivity contribution < 1.29 is 36.8 Å². The maximum absolute atomic E-state index is 14.3. The summed E-state index contributed by atoms with van der Waals surface area (Å²) in [5.41, 5.74) is -0.979. The number of esters is 1. The Kier molecular flexibility index (Phi) is 9.63. The highest BCUT2D eigenvalue weighted by Gasteiger charge is 2.41. The van der Waals surface area contributed by atoms with Crippen LogP contribution in [0.1, 0.15) is 48.4 Å². The Morgan fingerprint density at radius 2 is 1.49 bits per heavy atom. The number of hydrogen-bond acceptors (Lipinski definition) is 5. The second-order valence-electron chi connectivity index (χ2n) is 9.39. The number of alkyl halides is 3. The lowest BCUT2D eigenvalue weighted by molar-refractivity contribution is -0.913. The number of nitrogens with one attached hydrogen (secondary N) is 1. The molecule has 0 saturated carbocycles. The normalized spacial score (nSPS) is 11.7. The largest absolute Gasteiger partial charge is 0.453 e. The van der Waals surface area contributed by atoms with Gasteiger partial charge in [0.1, 0.15) is 18.0 Å². The Hall–Kier alpha value is -3.53. The second kappa shape index (κ2) is 13.0. The van der Waals surface area contributed by atoms with Crippen LogP contribution in [0.3, 0.4) is 0 Å². The minimum atomic E-state index is -5.07. The number of benzene rings is 3. The molecule has 0 atom stereocenters. The van der Waals surface area contributed by atoms with Crippen LogP contribution < -0.4 is 19.8 Å². The second-order valence-corrected chi connectivity index (χ2v) is 10.3. The molecule has 4 rings (SSSR count). The van der Waals surface area contributed by atoms with E-state index in [1.165, 1.54) is 60.7 Å². The Balaban J connectivity index is 1.90. The molecule has 0 bridgehead atoms. The summed E-state index contributed by atoms with van der Waals surface area (Å²) in [6.45, 7) is 5.52. The number of halogens is 5. The quantitative estimate of drug-likeness (QED) is 0.151. The molecule has 1 N–H and O–H groups in total. The predicted octanol–water partition coefficient (Wildman–Crippen LogP) is 7.34. The van der Waals surface area contributed by atoms with E-state index in [4.69, 9.17) is 37.1 Å². The molecule has 41 heavy (non-hydrogen) atoms. The Morgan fingerprint density at radius 1 is 0.902 bits per heavy atom. The van der Waals surface area contributed by atoms with E-state index in [0.717, 1.165) is 17.7 Å². The molecule has 0 unspecified atom stereocenters. The van der Waals surface area contributed by atoms with Crippen LogP contribution >= 0.6 is 23.2 Å². The van der Waals surface area contributed by atoms with Crippen molar-refractivity contribution in [3.05, 3.63) is 97.8 Å². The third-order valence-electron chi connectivity index (χ3n) is 6.29. The van der Waals surface area contributed by atoms with Gasteiger partial charge in [-0.3, -0.25) is 4.79 Å². The highest BCUT2D eigenvalue weighted by atomic mass is 35.5. The van der Waals surface area contributed by atoms with Crippen molar-refractivity contribution >= 4 is 40.1 Å². The lowest BCUT2D eigenvalue weighted by Crippen LogP contribution is -3.10. The number of carbonyl (C=O) groups is 1. The Morgan fingerprint density at radius 3 is 2.05 bits per heavy atom. The zero-order valence-electron chi connectivity index (χ0n) is 22.2. The van der Waals surface area contributed by atoms with Gasteiger partial charge in [-0.1, -0.05) is 37.0 Å². The van der Waals surface area contributed by atoms with Crippen LogP contribution in [0.4, 0.5) is 13.2 Å². The molecule has 1 heterocycles. The highest BCUT2D eigenvalue weighted by Crippen LogP contribution is 2.40. The van der Waals surface area contributed by atoms with E-state index in [-0.39, 0.29) is 40.1 Å². The maximum atomic E-state index is 14.3. The summed E-state index contributed by atoms with van der Waals surface area (Å²) in [4.78, 5) is 27.5. The molecule has 1 aromatic heterocycles. The number of ether oxygens (including phenoxy) is 2. The molecule has 0 aliphatic heterocycles. The zero-order valence-corrected chi connectivity index (χ0v) is 23.8. The number of carbonyl (C=O) groups excluding carboxylic acids is 1. The minimum Gasteiger partial charge on any atom is -0.449 e. The number of rotatable bonds is 10. The molecule has 0 fully saturated rings. The van der Waals surface area contributed by atoms with Gasteiger partial charge in [0.2, 0.25) is 11.2 Å². The molecular formula is C30H27Cl2F3NO5+. The molecule has 3 aromatic carbocycles. The maximum Gasteiger partial charge on any atom is 0.453 e. The van der Waals surface area contributed by atoms with Gasteiger partial charge in [0.15, 0.2) is 5.58 Å². The van der Waals surface area contributed by atoms with E-state index in [2.05, 4.69) is 0 Å². The lowest BCUT2D eigenvalue weighted by atomic mass is 10.1. The Bertz CT molecular complexity index is 1580. The summed E-state index contributed by atoms with van der Waals surface area (Å²) < 4.78 is 59.4. The average molecular weight is 609 g/mol. The fourth-order valence-electron chi connectivity index (χ4n) is 4.45. The van der Waals surface area contributed by atoms with Gasteiger partial charge in [-0.25, -0.2) is 4.79 Å². The molecule has 0 spiro atoms. The number of quaternary nitrogens is 1. The van der Waals surface area contributed by atoms with Crippen LogP contribution in [-0.4, -0.2) is 19.1 Å². The van der Waals surface area contributed by atoms with E-state index < -0.39 is 29.1 Å². The topological polar surface area (TPSA) is 70.2 Å². The summed E-state index contributed by atoms with van der Waals surface area (Å²) in [5.74, 6) is -3.38. The van der Waals surface area contributed by atoms with E-state index >= 15 is 0 Å². The van der Waals surface area contributed by atoms with Gasteiger partial charge >= 0.3 is 12.1 Å². The van der Waals surface area contributed by atoms with Gasteiger partial charge in [0, 0.05) is 10.0 Å². The van der Waals surface area contributed by atoms with Gasteiger partial charge in [0.05, 0.1) is 29.6 Å². The van der Waals surface area contributed by atoms with Gasteiger partial charge in [-0.2, -0.15) is 13.2 Å². The van der Waals surface area contributed by atoms with Crippen molar-refractivity contribution in [3.8, 4) is 17.2 Å². The molecule has 11 heteroatoms. The van der Waals surface area contributed by atoms with E-state index in [1.807, 2.05) is 13.8 Å². The van der Waals surface area contributed by atoms with Gasteiger partial charge in [0.25, 0.3) is 5.76 Å². The van der Waals surface area contributed by atoms with E-state index in [1.54, 1.807) is 0 Å². The summed E-state index contributed by atoms with van der Waals surface area (Å²) in [6.07, 6.45) is -3.46. The fraction of sp³-hybridized carbons (Fsp3) is 0.267. The third kappa shape index (κ3) is 7.22. The minimum absolute atomic E-state index is 0.00944. The molecule has 6 nitrogen and oxygen atoms in total. The molecule has 0 aliphatic rings. The number of hydrogen-bond donors (Lipinski definition) is 1. The monoisotopic (exact) mass is 608 g/mol. The summed E-state index contributed by atoms with van der Waals surface area (Å²) in [6, 6.07) is 14.2. The lowest BCUT2D eigenvalue weighted by Gasteiger charge is -2.21. The first-order valence-electron chi connectivity index (χ1n) is 13.0. The first-order valence-corrected chi connectivity index (χ1v) is 13.7. The van der Waals surface area contributed by atoms with Crippen LogP contribution in [0.15, 0.2) is 69.9 Å². The smallest absolute Gasteiger partial charge is 0.449 e. The molecule has 0 aliphatic carbocycles. The number of fused-ring (bicyclic) bond motifs is 1. The zero-order chi connectivity index (χ0) is 29.7. The Labute approximate surface area is 244 Å². The van der Waals surface area contributed by atoms with Crippen LogP contribution in [0.2, 0.25) is 10.0 Å². The molecule has 216 valence electrons. The molecule has 0 amide bonds. The average Bonchev–Trinajstić information content (AvgIpc) is 2.92. The molecule has 0 radical (unpaired) electrons. The van der Waals surface area contributed by atoms with Crippen molar-refractivity contribution in [2.24, 2.45) is 0 Å². The van der Waals surface area contributed by atoms with Gasteiger partial charge in [-0.05, 0) is 73.5 Å². The van der Waals surface area contributed by atoms with Crippen molar-refractivity contribution in [3.63, 3.8) is 0 Å². The van der Waals surface area contributed by atoms with E-state index in [9.17, 15) is 22.8 Å². The van der Waals surface area contributed by atoms with Gasteiger partial charge in [-0.15, -0.1) is 0 Å². The highest BCUT2D eigenvalue weighted by molar-refractivity contribution is 6.30. The predicted molar refractivity (Wildman–Crippen MR) is 150 cm³/mol. The van der Waals surface area contributed by atoms with Crippen molar-refractivity contribution in [2.75, 3.05) is 13.1 Å². The summed E-state index contributed by atoms with van der Waals surface area (Å²) in [5, 5.41) is 0.621.